The summed E-state index contributed by atoms with van der Waals surface area (Å²) in [5, 5.41) is 3.57. The van der Waals surface area contributed by atoms with E-state index in [4.69, 9.17) is 0 Å². The smallest absolute Gasteiger partial charge is 0.00696 e. The Bertz CT molecular complexity index is 133. The van der Waals surface area contributed by atoms with Crippen LogP contribution in [0, 0.1) is 11.8 Å². The van der Waals surface area contributed by atoms with Crippen molar-refractivity contribution < 1.29 is 0 Å². The standard InChI is InChI=1S/C12H25N/c1-4-10(3)8-11-6-7-12(9-11)13-5-2/h10-13H,4-9H2,1-3H3. The third-order valence-electron chi connectivity index (χ3n) is 3.47. The van der Waals surface area contributed by atoms with Crippen LogP contribution in [0.4, 0.5) is 0 Å². The van der Waals surface area contributed by atoms with Gasteiger partial charge in [0.2, 0.25) is 0 Å². The molecule has 0 bridgehead atoms. The molecule has 13 heavy (non-hydrogen) atoms. The first kappa shape index (κ1) is 11.0. The Morgan fingerprint density at radius 1 is 1.31 bits per heavy atom. The van der Waals surface area contributed by atoms with E-state index in [1.807, 2.05) is 0 Å². The molecule has 0 aliphatic heterocycles. The highest BCUT2D eigenvalue weighted by Gasteiger charge is 2.24. The SMILES string of the molecule is CCNC1CCC(CC(C)CC)C1. The van der Waals surface area contributed by atoms with E-state index >= 15 is 0 Å². The second kappa shape index (κ2) is 5.64. The summed E-state index contributed by atoms with van der Waals surface area (Å²) in [5.74, 6) is 1.95. The predicted molar refractivity (Wildman–Crippen MR) is 58.9 cm³/mol. The van der Waals surface area contributed by atoms with Gasteiger partial charge in [-0.3, -0.25) is 0 Å². The van der Waals surface area contributed by atoms with Gasteiger partial charge in [-0.1, -0.05) is 27.2 Å². The van der Waals surface area contributed by atoms with Crippen LogP contribution in [-0.2, 0) is 0 Å². The molecule has 0 heterocycles. The summed E-state index contributed by atoms with van der Waals surface area (Å²) >= 11 is 0. The number of rotatable bonds is 5. The van der Waals surface area contributed by atoms with E-state index in [2.05, 4.69) is 26.1 Å². The maximum atomic E-state index is 3.57. The first-order valence-electron chi connectivity index (χ1n) is 5.99. The Balaban J connectivity index is 2.17. The average Bonchev–Trinajstić information content (AvgIpc) is 2.53. The molecule has 0 aromatic rings. The van der Waals surface area contributed by atoms with Crippen LogP contribution in [0.5, 0.6) is 0 Å². The summed E-state index contributed by atoms with van der Waals surface area (Å²) in [5.41, 5.74) is 0. The van der Waals surface area contributed by atoms with Gasteiger partial charge in [0.25, 0.3) is 0 Å². The largest absolute Gasteiger partial charge is 0.314 e. The molecule has 0 spiro atoms. The van der Waals surface area contributed by atoms with E-state index in [0.717, 1.165) is 24.4 Å². The first-order valence-corrected chi connectivity index (χ1v) is 5.99. The zero-order chi connectivity index (χ0) is 9.68. The molecular weight excluding hydrogens is 158 g/mol. The van der Waals surface area contributed by atoms with Crippen LogP contribution in [0.2, 0.25) is 0 Å². The zero-order valence-corrected chi connectivity index (χ0v) is 9.47. The minimum atomic E-state index is 0.832. The Hall–Kier alpha value is -0.0400. The topological polar surface area (TPSA) is 12.0 Å². The molecule has 78 valence electrons. The fourth-order valence-corrected chi connectivity index (χ4v) is 2.50. The molecule has 0 radical (unpaired) electrons. The van der Waals surface area contributed by atoms with Gasteiger partial charge < -0.3 is 5.32 Å². The molecule has 1 fully saturated rings. The monoisotopic (exact) mass is 183 g/mol. The fraction of sp³-hybridized carbons (Fsp3) is 1.00. The number of hydrogen-bond acceptors (Lipinski definition) is 1. The number of nitrogens with one attached hydrogen (secondary N) is 1. The van der Waals surface area contributed by atoms with E-state index < -0.39 is 0 Å². The maximum Gasteiger partial charge on any atom is 0.00696 e. The van der Waals surface area contributed by atoms with Crippen molar-refractivity contribution in [2.75, 3.05) is 6.54 Å². The third-order valence-corrected chi connectivity index (χ3v) is 3.47. The van der Waals surface area contributed by atoms with Crippen molar-refractivity contribution in [2.24, 2.45) is 11.8 Å². The van der Waals surface area contributed by atoms with Crippen molar-refractivity contribution in [3.63, 3.8) is 0 Å². The summed E-state index contributed by atoms with van der Waals surface area (Å²) in [4.78, 5) is 0. The van der Waals surface area contributed by atoms with Crippen molar-refractivity contribution in [1.82, 2.24) is 5.32 Å². The Labute approximate surface area is 83.3 Å². The molecule has 1 N–H and O–H groups in total. The lowest BCUT2D eigenvalue weighted by Crippen LogP contribution is -2.25. The summed E-state index contributed by atoms with van der Waals surface area (Å²) in [7, 11) is 0. The normalized spacial score (nSPS) is 30.7. The molecule has 3 unspecified atom stereocenters. The van der Waals surface area contributed by atoms with E-state index in [-0.39, 0.29) is 0 Å². The van der Waals surface area contributed by atoms with Crippen LogP contribution < -0.4 is 5.32 Å². The number of hydrogen-bond donors (Lipinski definition) is 1. The van der Waals surface area contributed by atoms with E-state index in [1.54, 1.807) is 0 Å². The highest BCUT2D eigenvalue weighted by Crippen LogP contribution is 2.31. The van der Waals surface area contributed by atoms with Crippen LogP contribution in [0.3, 0.4) is 0 Å². The lowest BCUT2D eigenvalue weighted by Gasteiger charge is -2.15. The van der Waals surface area contributed by atoms with Gasteiger partial charge in [0.15, 0.2) is 0 Å². The van der Waals surface area contributed by atoms with Gasteiger partial charge in [-0.05, 0) is 44.1 Å². The van der Waals surface area contributed by atoms with Crippen molar-refractivity contribution in [1.29, 1.82) is 0 Å². The lowest BCUT2D eigenvalue weighted by atomic mass is 9.93. The van der Waals surface area contributed by atoms with Gasteiger partial charge in [0, 0.05) is 6.04 Å². The molecule has 0 amide bonds. The van der Waals surface area contributed by atoms with E-state index in [0.29, 0.717) is 0 Å². The van der Waals surface area contributed by atoms with Gasteiger partial charge in [-0.15, -0.1) is 0 Å². The van der Waals surface area contributed by atoms with Gasteiger partial charge in [0.05, 0.1) is 0 Å². The highest BCUT2D eigenvalue weighted by atomic mass is 14.9. The molecule has 3 atom stereocenters. The third kappa shape index (κ3) is 3.68. The molecule has 0 saturated heterocycles. The molecule has 0 aromatic heterocycles. The van der Waals surface area contributed by atoms with Gasteiger partial charge in [-0.2, -0.15) is 0 Å². The highest BCUT2D eigenvalue weighted by molar-refractivity contribution is 4.80. The molecule has 0 aromatic carbocycles. The molecular formula is C12H25N. The minimum absolute atomic E-state index is 0.832. The predicted octanol–water partition coefficient (Wildman–Crippen LogP) is 3.20. The maximum absolute atomic E-state index is 3.57. The molecule has 1 aliphatic carbocycles. The van der Waals surface area contributed by atoms with E-state index in [9.17, 15) is 0 Å². The Morgan fingerprint density at radius 3 is 2.69 bits per heavy atom. The zero-order valence-electron chi connectivity index (χ0n) is 9.47. The van der Waals surface area contributed by atoms with E-state index in [1.165, 1.54) is 32.1 Å². The summed E-state index contributed by atoms with van der Waals surface area (Å²) in [6.07, 6.45) is 7.11. The molecule has 1 heteroatoms. The van der Waals surface area contributed by atoms with Gasteiger partial charge in [0.1, 0.15) is 0 Å². The Kier molecular flexibility index (Phi) is 4.79. The molecule has 1 nitrogen and oxygen atoms in total. The first-order chi connectivity index (χ1) is 6.26. The minimum Gasteiger partial charge on any atom is -0.314 e. The van der Waals surface area contributed by atoms with Crippen LogP contribution in [-0.4, -0.2) is 12.6 Å². The van der Waals surface area contributed by atoms with Crippen molar-refractivity contribution in [3.8, 4) is 0 Å². The summed E-state index contributed by atoms with van der Waals surface area (Å²) in [6, 6.07) is 0.832. The van der Waals surface area contributed by atoms with Crippen LogP contribution in [0.1, 0.15) is 52.9 Å². The summed E-state index contributed by atoms with van der Waals surface area (Å²) < 4.78 is 0. The van der Waals surface area contributed by atoms with Crippen LogP contribution >= 0.6 is 0 Å². The van der Waals surface area contributed by atoms with Crippen LogP contribution in [0.25, 0.3) is 0 Å². The average molecular weight is 183 g/mol. The second-order valence-corrected chi connectivity index (χ2v) is 4.68. The quantitative estimate of drug-likeness (QED) is 0.690. The van der Waals surface area contributed by atoms with Gasteiger partial charge in [-0.25, -0.2) is 0 Å². The fourth-order valence-electron chi connectivity index (χ4n) is 2.50. The second-order valence-electron chi connectivity index (χ2n) is 4.68. The summed E-state index contributed by atoms with van der Waals surface area (Å²) in [6.45, 7) is 8.05. The van der Waals surface area contributed by atoms with Crippen molar-refractivity contribution in [2.45, 2.75) is 58.9 Å². The Morgan fingerprint density at radius 2 is 2.08 bits per heavy atom. The van der Waals surface area contributed by atoms with Crippen molar-refractivity contribution in [3.05, 3.63) is 0 Å². The molecule has 1 saturated carbocycles. The van der Waals surface area contributed by atoms with Crippen molar-refractivity contribution >= 4 is 0 Å². The van der Waals surface area contributed by atoms with Gasteiger partial charge >= 0.3 is 0 Å². The van der Waals surface area contributed by atoms with Crippen LogP contribution in [0.15, 0.2) is 0 Å². The molecule has 1 aliphatic rings. The molecule has 1 rings (SSSR count). The lowest BCUT2D eigenvalue weighted by molar-refractivity contribution is 0.380.